The number of hydrogen-bond acceptors (Lipinski definition) is 9. The van der Waals surface area contributed by atoms with E-state index in [2.05, 4.69) is 155 Å². The Morgan fingerprint density at radius 3 is 1.82 bits per heavy atom. The number of rotatable bonds is 28. The van der Waals surface area contributed by atoms with Gasteiger partial charge in [-0.1, -0.05) is 184 Å². The molecule has 0 amide bonds. The number of phosphoric ester groups is 1. The van der Waals surface area contributed by atoms with E-state index in [-0.39, 0.29) is 29.7 Å². The van der Waals surface area contributed by atoms with E-state index in [4.69, 9.17) is 31.6 Å². The predicted octanol–water partition coefficient (Wildman–Crippen LogP) is 13.1. The van der Waals surface area contributed by atoms with Crippen LogP contribution in [0.15, 0.2) is 147 Å². The molecule has 364 valence electrons. The van der Waals surface area contributed by atoms with Crippen molar-refractivity contribution in [2.75, 3.05) is 19.8 Å². The molecule has 9 nitrogen and oxygen atoms in total. The maximum Gasteiger partial charge on any atom is 0.475 e. The molecule has 1 aliphatic heterocycles. The average molecular weight is 977 g/mol. The molecule has 0 fully saturated rings. The highest BCUT2D eigenvalue weighted by Crippen LogP contribution is 2.53. The number of carbonyl (C=O) groups is 1. The molecule has 0 aliphatic carbocycles. The molecule has 1 aliphatic rings. The van der Waals surface area contributed by atoms with Gasteiger partial charge in [-0.15, -0.1) is 13.2 Å². The van der Waals surface area contributed by atoms with Crippen molar-refractivity contribution in [3.63, 3.8) is 0 Å². The lowest BCUT2D eigenvalue weighted by Crippen LogP contribution is -2.66. The third-order valence-corrected chi connectivity index (χ3v) is 28.5. The number of phosphoric acid groups is 1. The van der Waals surface area contributed by atoms with Crippen molar-refractivity contribution in [1.29, 1.82) is 0 Å². The van der Waals surface area contributed by atoms with E-state index >= 15 is 0 Å². The van der Waals surface area contributed by atoms with Gasteiger partial charge < -0.3 is 18.0 Å². The molecule has 0 aromatic heterocycles. The SMILES string of the molecule is C=CCOP(=O)(OCC=C)O[C@H](C[C@H](\C=C/C=C\C=C\CO[Si](c1ccccc1)(c1ccccc1)C(C)(C)C)O[Si](C)(C)C(C)(C)C)[C@@](C)(/C=C/[C@H]1CC=CC(=O)O1)O[Si](CC)(CC)CC. The van der Waals surface area contributed by atoms with Gasteiger partial charge in [0.15, 0.2) is 16.6 Å². The summed E-state index contributed by atoms with van der Waals surface area (Å²) in [5, 5.41) is 2.22. The molecule has 66 heavy (non-hydrogen) atoms. The second-order valence-corrected chi connectivity index (χ2v) is 34.9. The first-order valence-electron chi connectivity index (χ1n) is 23.6. The maximum absolute atomic E-state index is 14.6. The van der Waals surface area contributed by atoms with Crippen molar-refractivity contribution in [2.45, 2.75) is 147 Å². The lowest BCUT2D eigenvalue weighted by atomic mass is 9.93. The van der Waals surface area contributed by atoms with Crippen LogP contribution in [-0.2, 0) is 40.9 Å². The molecule has 3 rings (SSSR count). The van der Waals surface area contributed by atoms with Crippen LogP contribution in [0.2, 0.25) is 41.3 Å². The third kappa shape index (κ3) is 16.2. The van der Waals surface area contributed by atoms with Crippen LogP contribution in [0.25, 0.3) is 0 Å². The zero-order valence-electron chi connectivity index (χ0n) is 42.1. The van der Waals surface area contributed by atoms with E-state index < -0.39 is 62.7 Å². The number of cyclic esters (lactones) is 1. The largest absolute Gasteiger partial charge is 0.475 e. The Morgan fingerprint density at radius 1 is 0.788 bits per heavy atom. The highest BCUT2D eigenvalue weighted by molar-refractivity contribution is 7.48. The molecular formula is C53H81O9PSi3. The van der Waals surface area contributed by atoms with Crippen molar-refractivity contribution in [3.05, 3.63) is 147 Å². The fraction of sp³-hybridized carbons (Fsp3) is 0.491. The first kappa shape index (κ1) is 57.1. The summed E-state index contributed by atoms with van der Waals surface area (Å²) >= 11 is 0. The van der Waals surface area contributed by atoms with Crippen LogP contribution in [0.3, 0.4) is 0 Å². The summed E-state index contributed by atoms with van der Waals surface area (Å²) in [6.45, 7) is 34.1. The summed E-state index contributed by atoms with van der Waals surface area (Å²) in [6.07, 6.45) is 20.8. The topological polar surface area (TPSA) is 98.8 Å². The molecule has 2 aromatic rings. The van der Waals surface area contributed by atoms with E-state index in [0.29, 0.717) is 13.0 Å². The molecule has 1 heterocycles. The van der Waals surface area contributed by atoms with Gasteiger partial charge in [-0.05, 0) is 64.7 Å². The van der Waals surface area contributed by atoms with Gasteiger partial charge in [0.1, 0.15) is 12.2 Å². The van der Waals surface area contributed by atoms with E-state index in [9.17, 15) is 9.36 Å². The lowest BCUT2D eigenvalue weighted by molar-refractivity contribution is -0.141. The Morgan fingerprint density at radius 2 is 1.33 bits per heavy atom. The normalized spacial score (nSPS) is 17.7. The fourth-order valence-electron chi connectivity index (χ4n) is 7.83. The van der Waals surface area contributed by atoms with Crippen LogP contribution in [0.5, 0.6) is 0 Å². The number of carbonyl (C=O) groups excluding carboxylic acids is 1. The number of benzene rings is 2. The van der Waals surface area contributed by atoms with Crippen LogP contribution in [0.1, 0.15) is 82.1 Å². The van der Waals surface area contributed by atoms with E-state index in [1.807, 2.05) is 49.5 Å². The summed E-state index contributed by atoms with van der Waals surface area (Å²) < 4.78 is 60.2. The molecule has 0 radical (unpaired) electrons. The molecule has 0 bridgehead atoms. The zero-order valence-corrected chi connectivity index (χ0v) is 46.0. The van der Waals surface area contributed by atoms with Crippen molar-refractivity contribution < 1.29 is 40.9 Å². The Balaban J connectivity index is 2.10. The number of allylic oxidation sites excluding steroid dienone is 4. The van der Waals surface area contributed by atoms with E-state index in [1.165, 1.54) is 28.6 Å². The Bertz CT molecular complexity index is 1950. The molecular weight excluding hydrogens is 896 g/mol. The van der Waals surface area contributed by atoms with Crippen molar-refractivity contribution in [1.82, 2.24) is 0 Å². The molecule has 4 atom stereocenters. The first-order valence-corrected chi connectivity index (χ1v) is 32.4. The van der Waals surface area contributed by atoms with Gasteiger partial charge in [-0.3, -0.25) is 13.6 Å². The average Bonchev–Trinajstić information content (AvgIpc) is 3.28. The quantitative estimate of drug-likeness (QED) is 0.0271. The van der Waals surface area contributed by atoms with Crippen molar-refractivity contribution in [2.24, 2.45) is 0 Å². The summed E-state index contributed by atoms with van der Waals surface area (Å²) in [7, 11) is -11.8. The van der Waals surface area contributed by atoms with Gasteiger partial charge in [0.2, 0.25) is 0 Å². The minimum atomic E-state index is -4.25. The predicted molar refractivity (Wildman–Crippen MR) is 282 cm³/mol. The van der Waals surface area contributed by atoms with Crippen LogP contribution in [0.4, 0.5) is 0 Å². The highest BCUT2D eigenvalue weighted by Gasteiger charge is 2.50. The number of hydrogen-bond donors (Lipinski definition) is 0. The molecule has 0 spiro atoms. The van der Waals surface area contributed by atoms with E-state index in [1.54, 1.807) is 6.08 Å². The van der Waals surface area contributed by atoms with Crippen LogP contribution in [-0.4, -0.2) is 74.7 Å². The van der Waals surface area contributed by atoms with Gasteiger partial charge in [0, 0.05) is 18.9 Å². The van der Waals surface area contributed by atoms with Crippen molar-refractivity contribution >= 4 is 49.1 Å². The summed E-state index contributed by atoms with van der Waals surface area (Å²) in [6, 6.07) is 23.8. The summed E-state index contributed by atoms with van der Waals surface area (Å²) in [4.78, 5) is 12.3. The monoisotopic (exact) mass is 976 g/mol. The smallest absolute Gasteiger partial charge is 0.455 e. The zero-order chi connectivity index (χ0) is 49.1. The maximum atomic E-state index is 14.6. The Labute approximate surface area is 402 Å². The standard InChI is InChI=1S/C53H81O9PSi3/c1-15-41-56-63(55,57-42-16-2)60-49(53(12,62-65(17-3,18-4)19-5)40-39-45-33-31-38-50(54)59-45)44-46(61-64(13,14)51(6,7)8)32-25-21-20-22-30-43-58-66(52(9,10)11,47-34-26-23-27-35-47)48-36-28-24-29-37-48/h15-16,20-32,34-40,45-46,49H,1-2,17-19,33,41-44H2,3-14H3/b21-20-,30-22+,32-25-,40-39+/t45-,46+,49-,53-/m1/s1. The Hall–Kier alpha value is -3.27. The summed E-state index contributed by atoms with van der Waals surface area (Å²) in [5.74, 6) is -0.409. The first-order chi connectivity index (χ1) is 31.1. The second kappa shape index (κ2) is 25.9. The summed E-state index contributed by atoms with van der Waals surface area (Å²) in [5.41, 5.74) is -1.20. The van der Waals surface area contributed by atoms with Gasteiger partial charge in [-0.2, -0.15) is 0 Å². The lowest BCUT2D eigenvalue weighted by Gasteiger charge is -2.45. The molecule has 0 saturated heterocycles. The number of esters is 1. The van der Waals surface area contributed by atoms with Crippen LogP contribution < -0.4 is 10.4 Å². The second-order valence-electron chi connectivity index (χ2n) is 19.5. The van der Waals surface area contributed by atoms with Gasteiger partial charge >= 0.3 is 13.8 Å². The molecule has 0 saturated carbocycles. The van der Waals surface area contributed by atoms with Gasteiger partial charge in [0.05, 0.1) is 31.5 Å². The molecule has 2 aromatic carbocycles. The number of ether oxygens (including phenoxy) is 1. The molecule has 0 unspecified atom stereocenters. The van der Waals surface area contributed by atoms with Crippen LogP contribution >= 0.6 is 7.82 Å². The molecule has 13 heteroatoms. The molecule has 0 N–H and O–H groups in total. The fourth-order valence-corrected chi connectivity index (χ4v) is 18.1. The minimum Gasteiger partial charge on any atom is -0.455 e. The van der Waals surface area contributed by atoms with Crippen LogP contribution in [0, 0.1) is 0 Å². The third-order valence-electron chi connectivity index (χ3n) is 12.8. The van der Waals surface area contributed by atoms with Gasteiger partial charge in [0.25, 0.3) is 8.32 Å². The Kier molecular flexibility index (Phi) is 22.4. The van der Waals surface area contributed by atoms with E-state index in [0.717, 1.165) is 18.1 Å². The van der Waals surface area contributed by atoms with Crippen molar-refractivity contribution in [3.8, 4) is 0 Å². The minimum absolute atomic E-state index is 0.0679. The van der Waals surface area contributed by atoms with Gasteiger partial charge in [-0.25, -0.2) is 9.36 Å². The highest BCUT2D eigenvalue weighted by atomic mass is 31.2.